The van der Waals surface area contributed by atoms with Gasteiger partial charge in [0.25, 0.3) is 0 Å². The van der Waals surface area contributed by atoms with Gasteiger partial charge in [-0.2, -0.15) is 0 Å². The maximum absolute atomic E-state index is 5.14. The highest BCUT2D eigenvalue weighted by molar-refractivity contribution is 6.21. The van der Waals surface area contributed by atoms with Crippen LogP contribution in [0.2, 0.25) is 0 Å². The minimum absolute atomic E-state index is 0.629. The summed E-state index contributed by atoms with van der Waals surface area (Å²) in [6.07, 6.45) is 0. The molecule has 0 N–H and O–H groups in total. The molecule has 0 amide bonds. The molecule has 60 heavy (non-hydrogen) atoms. The predicted molar refractivity (Wildman–Crippen MR) is 250 cm³/mol. The van der Waals surface area contributed by atoms with Crippen molar-refractivity contribution in [2.75, 3.05) is 0 Å². The molecule has 10 aromatic carbocycles. The highest BCUT2D eigenvalue weighted by atomic mass is 15.0. The lowest BCUT2D eigenvalue weighted by Crippen LogP contribution is -2.00. The maximum Gasteiger partial charge on any atom is 0.164 e. The van der Waals surface area contributed by atoms with Crippen molar-refractivity contribution in [2.45, 2.75) is 0 Å². The molecule has 0 aliphatic rings. The van der Waals surface area contributed by atoms with Gasteiger partial charge in [-0.1, -0.05) is 212 Å². The number of hydrogen-bond donors (Lipinski definition) is 0. The molecule has 1 aromatic heterocycles. The van der Waals surface area contributed by atoms with Gasteiger partial charge in [0.05, 0.1) is 0 Å². The van der Waals surface area contributed by atoms with Crippen LogP contribution in [0.1, 0.15) is 0 Å². The van der Waals surface area contributed by atoms with E-state index in [1.54, 1.807) is 0 Å². The van der Waals surface area contributed by atoms with E-state index in [4.69, 9.17) is 15.0 Å². The molecule has 0 unspecified atom stereocenters. The standard InChI is InChI=1S/C57H37N3/c1-3-14-38(15-4-1)40-28-33-44(34-29-40)56-58-55(43-17-5-2-6-18-43)59-57(60-56)48-21-13-20-47(37-48)54-51-24-11-9-22-49(51)53(50-23-10-12-25-52(50)54)42-31-26-41(27-32-42)46-35-30-39-16-7-8-19-45(39)36-46/h1-37H. The van der Waals surface area contributed by atoms with Crippen molar-refractivity contribution < 1.29 is 0 Å². The van der Waals surface area contributed by atoms with E-state index in [2.05, 4.69) is 200 Å². The summed E-state index contributed by atoms with van der Waals surface area (Å²) < 4.78 is 0. The van der Waals surface area contributed by atoms with Crippen LogP contribution in [0.15, 0.2) is 224 Å². The minimum atomic E-state index is 0.629. The first-order valence-corrected chi connectivity index (χ1v) is 20.3. The topological polar surface area (TPSA) is 38.7 Å². The Kier molecular flexibility index (Phi) is 8.83. The zero-order chi connectivity index (χ0) is 39.8. The first-order valence-electron chi connectivity index (χ1n) is 20.3. The number of nitrogens with zero attached hydrogens (tertiary/aromatic N) is 3. The second kappa shape index (κ2) is 15.1. The van der Waals surface area contributed by atoms with Gasteiger partial charge in [0.15, 0.2) is 17.5 Å². The number of hydrogen-bond acceptors (Lipinski definition) is 3. The fraction of sp³-hybridized carbons (Fsp3) is 0. The SMILES string of the molecule is c1ccc(-c2ccc(-c3nc(-c4ccccc4)nc(-c4cccc(-c5c6ccccc6c(-c6ccc(-c7ccc8ccccc8c7)cc6)c6ccccc56)c4)n3)cc2)cc1. The van der Waals surface area contributed by atoms with Crippen molar-refractivity contribution in [3.05, 3.63) is 224 Å². The van der Waals surface area contributed by atoms with E-state index in [9.17, 15) is 0 Å². The molecule has 0 atom stereocenters. The third-order valence-corrected chi connectivity index (χ3v) is 11.5. The molecule has 0 aliphatic carbocycles. The molecule has 1 heterocycles. The molecule has 0 saturated carbocycles. The van der Waals surface area contributed by atoms with Crippen molar-refractivity contribution in [1.29, 1.82) is 0 Å². The van der Waals surface area contributed by atoms with Crippen LogP contribution in [-0.4, -0.2) is 15.0 Å². The second-order valence-electron chi connectivity index (χ2n) is 15.2. The van der Waals surface area contributed by atoms with E-state index in [-0.39, 0.29) is 0 Å². The van der Waals surface area contributed by atoms with E-state index in [1.165, 1.54) is 65.7 Å². The number of fused-ring (bicyclic) bond motifs is 3. The van der Waals surface area contributed by atoms with Gasteiger partial charge in [0.1, 0.15) is 0 Å². The van der Waals surface area contributed by atoms with E-state index in [1.807, 2.05) is 24.3 Å². The molecule has 11 rings (SSSR count). The fourth-order valence-corrected chi connectivity index (χ4v) is 8.56. The molecule has 3 heteroatoms. The summed E-state index contributed by atoms with van der Waals surface area (Å²) in [7, 11) is 0. The molecule has 0 bridgehead atoms. The van der Waals surface area contributed by atoms with Gasteiger partial charge in [-0.05, 0) is 89.0 Å². The third kappa shape index (κ3) is 6.49. The Morgan fingerprint density at radius 2 is 0.567 bits per heavy atom. The average Bonchev–Trinajstić information content (AvgIpc) is 3.33. The normalized spacial score (nSPS) is 11.3. The molecule has 0 radical (unpaired) electrons. The second-order valence-corrected chi connectivity index (χ2v) is 15.2. The van der Waals surface area contributed by atoms with E-state index in [0.29, 0.717) is 17.5 Å². The Bertz CT molecular complexity index is 3280. The quantitative estimate of drug-likeness (QED) is 0.152. The van der Waals surface area contributed by atoms with Gasteiger partial charge in [-0.25, -0.2) is 15.0 Å². The zero-order valence-electron chi connectivity index (χ0n) is 32.7. The summed E-state index contributed by atoms with van der Waals surface area (Å²) >= 11 is 0. The van der Waals surface area contributed by atoms with E-state index in [0.717, 1.165) is 27.8 Å². The molecule has 0 fully saturated rings. The van der Waals surface area contributed by atoms with E-state index < -0.39 is 0 Å². The molecule has 0 saturated heterocycles. The third-order valence-electron chi connectivity index (χ3n) is 11.5. The molecule has 0 aliphatic heterocycles. The highest BCUT2D eigenvalue weighted by Crippen LogP contribution is 2.44. The molecule has 0 spiro atoms. The van der Waals surface area contributed by atoms with Gasteiger partial charge in [-0.15, -0.1) is 0 Å². The van der Waals surface area contributed by atoms with Gasteiger partial charge < -0.3 is 0 Å². The molecule has 11 aromatic rings. The molecule has 3 nitrogen and oxygen atoms in total. The lowest BCUT2D eigenvalue weighted by atomic mass is 9.85. The Labute approximate surface area is 349 Å². The predicted octanol–water partition coefficient (Wildman–Crippen LogP) is 15.0. The summed E-state index contributed by atoms with van der Waals surface area (Å²) in [5.74, 6) is 1.90. The minimum Gasteiger partial charge on any atom is -0.208 e. The number of aromatic nitrogens is 3. The van der Waals surface area contributed by atoms with Gasteiger partial charge in [0, 0.05) is 16.7 Å². The van der Waals surface area contributed by atoms with Crippen LogP contribution in [0.4, 0.5) is 0 Å². The summed E-state index contributed by atoms with van der Waals surface area (Å²) in [4.78, 5) is 15.3. The Morgan fingerprint density at radius 1 is 0.200 bits per heavy atom. The maximum atomic E-state index is 5.14. The van der Waals surface area contributed by atoms with E-state index >= 15 is 0 Å². The van der Waals surface area contributed by atoms with Gasteiger partial charge in [0.2, 0.25) is 0 Å². The summed E-state index contributed by atoms with van der Waals surface area (Å²) in [6.45, 7) is 0. The Balaban J connectivity index is 1.03. The van der Waals surface area contributed by atoms with Crippen LogP contribution in [0.25, 0.3) is 111 Å². The van der Waals surface area contributed by atoms with Crippen molar-refractivity contribution in [3.63, 3.8) is 0 Å². The first-order chi connectivity index (χ1) is 29.7. The van der Waals surface area contributed by atoms with Crippen LogP contribution < -0.4 is 0 Å². The highest BCUT2D eigenvalue weighted by Gasteiger charge is 2.19. The van der Waals surface area contributed by atoms with Crippen LogP contribution in [0.5, 0.6) is 0 Å². The summed E-state index contributed by atoms with van der Waals surface area (Å²) in [5.41, 5.74) is 12.3. The van der Waals surface area contributed by atoms with Crippen molar-refractivity contribution in [1.82, 2.24) is 15.0 Å². The van der Waals surface area contributed by atoms with Gasteiger partial charge in [-0.3, -0.25) is 0 Å². The molecular weight excluding hydrogens is 727 g/mol. The Hall–Kier alpha value is -8.01. The summed E-state index contributed by atoms with van der Waals surface area (Å²) in [5, 5.41) is 7.31. The van der Waals surface area contributed by atoms with Crippen molar-refractivity contribution in [2.24, 2.45) is 0 Å². The zero-order valence-corrected chi connectivity index (χ0v) is 32.7. The van der Waals surface area contributed by atoms with Gasteiger partial charge >= 0.3 is 0 Å². The number of benzene rings is 10. The smallest absolute Gasteiger partial charge is 0.164 e. The van der Waals surface area contributed by atoms with Crippen molar-refractivity contribution >= 4 is 32.3 Å². The lowest BCUT2D eigenvalue weighted by Gasteiger charge is -2.18. The summed E-state index contributed by atoms with van der Waals surface area (Å²) in [6, 6.07) is 79.6. The average molecular weight is 764 g/mol. The number of rotatable bonds is 7. The van der Waals surface area contributed by atoms with Crippen LogP contribution in [0, 0.1) is 0 Å². The Morgan fingerprint density at radius 3 is 1.17 bits per heavy atom. The van der Waals surface area contributed by atoms with Crippen molar-refractivity contribution in [3.8, 4) is 78.7 Å². The fourth-order valence-electron chi connectivity index (χ4n) is 8.56. The first kappa shape index (κ1) is 35.2. The monoisotopic (exact) mass is 763 g/mol. The van der Waals surface area contributed by atoms with Crippen LogP contribution in [0.3, 0.4) is 0 Å². The largest absolute Gasteiger partial charge is 0.208 e. The van der Waals surface area contributed by atoms with Crippen LogP contribution >= 0.6 is 0 Å². The van der Waals surface area contributed by atoms with Crippen LogP contribution in [-0.2, 0) is 0 Å². The molecular formula is C57H37N3. The lowest BCUT2D eigenvalue weighted by molar-refractivity contribution is 1.07. The molecule has 280 valence electrons.